The minimum atomic E-state index is 0. The van der Waals surface area contributed by atoms with Crippen LogP contribution in [-0.2, 0) is 13.1 Å². The molecule has 8 nitrogen and oxygen atoms in total. The van der Waals surface area contributed by atoms with E-state index in [1.165, 1.54) is 5.56 Å². The first kappa shape index (κ1) is 20.7. The van der Waals surface area contributed by atoms with Crippen molar-refractivity contribution >= 4 is 29.9 Å². The summed E-state index contributed by atoms with van der Waals surface area (Å²) in [6.45, 7) is 8.66. The molecule has 1 saturated heterocycles. The second-order valence-electron chi connectivity index (χ2n) is 6.36. The summed E-state index contributed by atoms with van der Waals surface area (Å²) in [4.78, 5) is 9.13. The maximum absolute atomic E-state index is 4.90. The highest BCUT2D eigenvalue weighted by Crippen LogP contribution is 2.07. The van der Waals surface area contributed by atoms with Gasteiger partial charge in [-0.25, -0.2) is 0 Å². The lowest BCUT2D eigenvalue weighted by Gasteiger charge is -2.36. The summed E-state index contributed by atoms with van der Waals surface area (Å²) in [6, 6.07) is 1.92. The van der Waals surface area contributed by atoms with Crippen LogP contribution in [0.25, 0.3) is 0 Å². The molecule has 2 aromatic rings. The summed E-state index contributed by atoms with van der Waals surface area (Å²) < 4.78 is 6.89. The van der Waals surface area contributed by atoms with Crippen molar-refractivity contribution in [2.45, 2.75) is 26.4 Å². The van der Waals surface area contributed by atoms with Crippen LogP contribution in [0.15, 0.2) is 34.2 Å². The van der Waals surface area contributed by atoms with E-state index in [2.05, 4.69) is 43.5 Å². The van der Waals surface area contributed by atoms with E-state index in [1.807, 2.05) is 24.0 Å². The fraction of sp³-hybridized carbons (Fsp3) is 0.588. The number of nitrogens with zero attached hydrogens (tertiary/aromatic N) is 6. The normalized spacial score (nSPS) is 15.8. The Bertz CT molecular complexity index is 662. The highest BCUT2D eigenvalue weighted by Gasteiger charge is 2.20. The molecule has 2 aromatic heterocycles. The minimum Gasteiger partial charge on any atom is -0.364 e. The largest absolute Gasteiger partial charge is 0.364 e. The monoisotopic (exact) mass is 473 g/mol. The Hall–Kier alpha value is -1.62. The van der Waals surface area contributed by atoms with Gasteiger partial charge in [0, 0.05) is 65.1 Å². The molecule has 0 atom stereocenters. The van der Waals surface area contributed by atoms with E-state index in [0.29, 0.717) is 0 Å². The summed E-state index contributed by atoms with van der Waals surface area (Å²) >= 11 is 0. The second-order valence-corrected chi connectivity index (χ2v) is 6.36. The van der Waals surface area contributed by atoms with Crippen molar-refractivity contribution in [1.29, 1.82) is 0 Å². The van der Waals surface area contributed by atoms with Gasteiger partial charge in [-0.3, -0.25) is 14.6 Å². The van der Waals surface area contributed by atoms with E-state index in [0.717, 1.165) is 63.9 Å². The number of guanidine groups is 1. The number of rotatable bonds is 6. The zero-order valence-electron chi connectivity index (χ0n) is 15.5. The smallest absolute Gasteiger partial charge is 0.193 e. The third-order valence-corrected chi connectivity index (χ3v) is 4.37. The second kappa shape index (κ2) is 10.5. The van der Waals surface area contributed by atoms with Gasteiger partial charge in [-0.15, -0.1) is 24.0 Å². The lowest BCUT2D eigenvalue weighted by molar-refractivity contribution is 0.169. The molecule has 0 unspecified atom stereocenters. The van der Waals surface area contributed by atoms with E-state index in [4.69, 9.17) is 4.52 Å². The van der Waals surface area contributed by atoms with Crippen LogP contribution in [0, 0.1) is 6.92 Å². The number of piperazine rings is 1. The quantitative estimate of drug-likeness (QED) is 0.297. The van der Waals surface area contributed by atoms with Gasteiger partial charge in [0.15, 0.2) is 5.96 Å². The summed E-state index contributed by atoms with van der Waals surface area (Å²) in [5.41, 5.74) is 2.19. The van der Waals surface area contributed by atoms with E-state index >= 15 is 0 Å². The van der Waals surface area contributed by atoms with E-state index < -0.39 is 0 Å². The van der Waals surface area contributed by atoms with Gasteiger partial charge >= 0.3 is 0 Å². The SMILES string of the molecule is CN=C(NCCCn1cc(C)cn1)N1CCN(Cc2ccon2)CC1.I. The fourth-order valence-corrected chi connectivity index (χ4v) is 3.03. The predicted octanol–water partition coefficient (Wildman–Crippen LogP) is 1.58. The molecule has 0 bridgehead atoms. The van der Waals surface area contributed by atoms with Crippen LogP contribution < -0.4 is 5.32 Å². The standard InChI is InChI=1S/C17H27N7O.HI/c1-15-12-20-24(13-15)6-3-5-19-17(18-2)23-9-7-22(8-10-23)14-16-4-11-25-21-16;/h4,11-13H,3,5-10,14H2,1-2H3,(H,18,19);1H. The zero-order chi connectivity index (χ0) is 17.5. The van der Waals surface area contributed by atoms with Crippen molar-refractivity contribution in [2.75, 3.05) is 39.8 Å². The Morgan fingerprint density at radius 3 is 2.73 bits per heavy atom. The maximum Gasteiger partial charge on any atom is 0.193 e. The Labute approximate surface area is 171 Å². The highest BCUT2D eigenvalue weighted by molar-refractivity contribution is 14.0. The highest BCUT2D eigenvalue weighted by atomic mass is 127. The van der Waals surface area contributed by atoms with E-state index in [1.54, 1.807) is 6.26 Å². The Morgan fingerprint density at radius 1 is 1.31 bits per heavy atom. The molecule has 1 aliphatic rings. The summed E-state index contributed by atoms with van der Waals surface area (Å²) in [5.74, 6) is 0.984. The molecule has 0 aromatic carbocycles. The van der Waals surface area contributed by atoms with E-state index in [-0.39, 0.29) is 24.0 Å². The topological polar surface area (TPSA) is 74.7 Å². The molecule has 0 spiro atoms. The van der Waals surface area contributed by atoms with Crippen LogP contribution in [0.3, 0.4) is 0 Å². The van der Waals surface area contributed by atoms with Crippen molar-refractivity contribution in [3.05, 3.63) is 36.0 Å². The van der Waals surface area contributed by atoms with Crippen LogP contribution in [0.2, 0.25) is 0 Å². The molecular weight excluding hydrogens is 445 g/mol. The van der Waals surface area contributed by atoms with Crippen molar-refractivity contribution in [2.24, 2.45) is 4.99 Å². The molecule has 1 fully saturated rings. The van der Waals surface area contributed by atoms with Gasteiger partial charge in [0.25, 0.3) is 0 Å². The lowest BCUT2D eigenvalue weighted by Crippen LogP contribution is -2.52. The number of aromatic nitrogens is 3. The number of aryl methyl sites for hydroxylation is 2. The summed E-state index contributed by atoms with van der Waals surface area (Å²) in [6.07, 6.45) is 6.61. The van der Waals surface area contributed by atoms with Crippen LogP contribution in [-0.4, -0.2) is 70.5 Å². The average Bonchev–Trinajstić information content (AvgIpc) is 3.28. The van der Waals surface area contributed by atoms with Gasteiger partial charge in [0.05, 0.1) is 11.9 Å². The van der Waals surface area contributed by atoms with Crippen LogP contribution in [0.1, 0.15) is 17.7 Å². The van der Waals surface area contributed by atoms with Crippen molar-refractivity contribution in [1.82, 2.24) is 30.1 Å². The maximum atomic E-state index is 4.90. The molecule has 9 heteroatoms. The Balaban J connectivity index is 0.00000243. The van der Waals surface area contributed by atoms with Gasteiger partial charge in [-0.05, 0) is 18.9 Å². The van der Waals surface area contributed by atoms with Crippen LogP contribution in [0.5, 0.6) is 0 Å². The molecule has 1 N–H and O–H groups in total. The first-order valence-electron chi connectivity index (χ1n) is 8.81. The average molecular weight is 473 g/mol. The third-order valence-electron chi connectivity index (χ3n) is 4.37. The van der Waals surface area contributed by atoms with Crippen molar-refractivity contribution < 1.29 is 4.52 Å². The lowest BCUT2D eigenvalue weighted by atomic mass is 10.3. The fourth-order valence-electron chi connectivity index (χ4n) is 3.03. The number of hydrogen-bond donors (Lipinski definition) is 1. The van der Waals surface area contributed by atoms with Gasteiger partial charge in [0.1, 0.15) is 6.26 Å². The minimum absolute atomic E-state index is 0. The molecule has 0 amide bonds. The van der Waals surface area contributed by atoms with E-state index in [9.17, 15) is 0 Å². The first-order chi connectivity index (χ1) is 12.2. The number of nitrogens with one attached hydrogen (secondary N) is 1. The van der Waals surface area contributed by atoms with Crippen molar-refractivity contribution in [3.63, 3.8) is 0 Å². The summed E-state index contributed by atoms with van der Waals surface area (Å²) in [5, 5.41) is 11.8. The molecule has 0 radical (unpaired) electrons. The number of hydrogen-bond acceptors (Lipinski definition) is 5. The van der Waals surface area contributed by atoms with Gasteiger partial charge < -0.3 is 14.7 Å². The van der Waals surface area contributed by atoms with Crippen LogP contribution in [0.4, 0.5) is 0 Å². The van der Waals surface area contributed by atoms with Crippen LogP contribution >= 0.6 is 24.0 Å². The van der Waals surface area contributed by atoms with Gasteiger partial charge in [-0.2, -0.15) is 5.10 Å². The molecule has 3 heterocycles. The Kier molecular flexibility index (Phi) is 8.36. The predicted molar refractivity (Wildman–Crippen MR) is 112 cm³/mol. The summed E-state index contributed by atoms with van der Waals surface area (Å²) in [7, 11) is 1.85. The number of aliphatic imine (C=N–C) groups is 1. The molecular formula is C17H28IN7O. The van der Waals surface area contributed by atoms with Gasteiger partial charge in [-0.1, -0.05) is 5.16 Å². The molecule has 144 valence electrons. The van der Waals surface area contributed by atoms with Crippen molar-refractivity contribution in [3.8, 4) is 0 Å². The Morgan fingerprint density at radius 2 is 2.12 bits per heavy atom. The zero-order valence-corrected chi connectivity index (χ0v) is 17.8. The molecule has 0 saturated carbocycles. The molecule has 3 rings (SSSR count). The molecule has 0 aliphatic carbocycles. The first-order valence-corrected chi connectivity index (χ1v) is 8.81. The third kappa shape index (κ3) is 5.97. The van der Waals surface area contributed by atoms with Gasteiger partial charge in [0.2, 0.25) is 0 Å². The number of halogens is 1. The molecule has 1 aliphatic heterocycles. The molecule has 26 heavy (non-hydrogen) atoms.